The van der Waals surface area contributed by atoms with Gasteiger partial charge in [0.1, 0.15) is 15.8 Å². The number of amides is 1. The van der Waals surface area contributed by atoms with E-state index in [4.69, 9.17) is 17.2 Å². The van der Waals surface area contributed by atoms with Crippen molar-refractivity contribution >= 4 is 51.7 Å². The fourth-order valence-electron chi connectivity index (χ4n) is 3.89. The molecule has 1 aliphatic rings. The lowest BCUT2D eigenvalue weighted by Gasteiger charge is -2.14. The number of fused-ring (bicyclic) bond motifs is 1. The molecule has 0 spiro atoms. The van der Waals surface area contributed by atoms with Crippen molar-refractivity contribution in [2.75, 3.05) is 18.4 Å². The number of aromatic nitrogens is 2. The third-order valence-electron chi connectivity index (χ3n) is 5.77. The summed E-state index contributed by atoms with van der Waals surface area (Å²) in [5, 5.41) is 3.34. The van der Waals surface area contributed by atoms with E-state index in [0.717, 1.165) is 31.2 Å². The van der Waals surface area contributed by atoms with Crippen molar-refractivity contribution in [2.24, 2.45) is 0 Å². The zero-order valence-electron chi connectivity index (χ0n) is 19.4. The first-order chi connectivity index (χ1) is 16.5. The van der Waals surface area contributed by atoms with E-state index in [1.54, 1.807) is 17.2 Å². The molecular weight excluding hydrogens is 464 g/mol. The summed E-state index contributed by atoms with van der Waals surface area (Å²) in [7, 11) is 0. The molecule has 3 heterocycles. The van der Waals surface area contributed by atoms with Crippen molar-refractivity contribution in [1.29, 1.82) is 0 Å². The van der Waals surface area contributed by atoms with Gasteiger partial charge in [-0.25, -0.2) is 4.98 Å². The van der Waals surface area contributed by atoms with Gasteiger partial charge in [0.15, 0.2) is 0 Å². The molecule has 0 saturated carbocycles. The van der Waals surface area contributed by atoms with Gasteiger partial charge in [-0.2, -0.15) is 0 Å². The fraction of sp³-hybridized carbons (Fsp3) is 0.308. The molecule has 176 valence electrons. The second-order valence-electron chi connectivity index (χ2n) is 8.27. The summed E-state index contributed by atoms with van der Waals surface area (Å²) < 4.78 is 2.07. The fourth-order valence-corrected chi connectivity index (χ4v) is 5.18. The van der Waals surface area contributed by atoms with Crippen LogP contribution in [-0.4, -0.2) is 37.6 Å². The number of rotatable bonds is 9. The number of anilines is 1. The van der Waals surface area contributed by atoms with Crippen LogP contribution in [0.25, 0.3) is 11.7 Å². The number of nitrogens with zero attached hydrogens (tertiary/aromatic N) is 3. The molecule has 3 aromatic rings. The quantitative estimate of drug-likeness (QED) is 0.256. The summed E-state index contributed by atoms with van der Waals surface area (Å²) in [6, 6.07) is 13.9. The van der Waals surface area contributed by atoms with Crippen molar-refractivity contribution in [3.63, 3.8) is 0 Å². The molecule has 2 aromatic heterocycles. The molecule has 0 unspecified atom stereocenters. The molecule has 34 heavy (non-hydrogen) atoms. The molecule has 1 saturated heterocycles. The first kappa shape index (κ1) is 24.2. The maximum atomic E-state index is 13.5. The van der Waals surface area contributed by atoms with E-state index in [1.165, 1.54) is 21.7 Å². The highest BCUT2D eigenvalue weighted by atomic mass is 32.2. The van der Waals surface area contributed by atoms with Crippen LogP contribution >= 0.6 is 24.0 Å². The van der Waals surface area contributed by atoms with Gasteiger partial charge in [0.2, 0.25) is 0 Å². The highest BCUT2D eigenvalue weighted by Crippen LogP contribution is 2.33. The topological polar surface area (TPSA) is 66.7 Å². The molecule has 8 heteroatoms. The van der Waals surface area contributed by atoms with Gasteiger partial charge >= 0.3 is 0 Å². The number of thiocarbonyl (C=S) groups is 1. The van der Waals surface area contributed by atoms with Crippen molar-refractivity contribution in [2.45, 2.75) is 39.5 Å². The van der Waals surface area contributed by atoms with Gasteiger partial charge in [0, 0.05) is 19.3 Å². The first-order valence-corrected chi connectivity index (χ1v) is 12.8. The second kappa shape index (κ2) is 11.0. The van der Waals surface area contributed by atoms with E-state index in [1.807, 2.05) is 37.3 Å². The summed E-state index contributed by atoms with van der Waals surface area (Å²) in [5.41, 5.74) is 2.84. The van der Waals surface area contributed by atoms with E-state index in [-0.39, 0.29) is 11.5 Å². The molecule has 1 fully saturated rings. The number of pyridine rings is 1. The highest BCUT2D eigenvalue weighted by molar-refractivity contribution is 8.26. The molecule has 1 aliphatic heterocycles. The van der Waals surface area contributed by atoms with Gasteiger partial charge in [-0.1, -0.05) is 80.1 Å². The smallest absolute Gasteiger partial charge is 0.267 e. The van der Waals surface area contributed by atoms with Crippen LogP contribution in [0.1, 0.15) is 42.9 Å². The minimum atomic E-state index is -0.216. The van der Waals surface area contributed by atoms with Gasteiger partial charge in [-0.05, 0) is 43.0 Å². The maximum absolute atomic E-state index is 13.5. The predicted molar refractivity (Wildman–Crippen MR) is 144 cm³/mol. The predicted octanol–water partition coefficient (Wildman–Crippen LogP) is 5.05. The second-order valence-corrected chi connectivity index (χ2v) is 9.94. The maximum Gasteiger partial charge on any atom is 0.267 e. The van der Waals surface area contributed by atoms with E-state index < -0.39 is 0 Å². The van der Waals surface area contributed by atoms with E-state index in [0.29, 0.717) is 39.3 Å². The van der Waals surface area contributed by atoms with Crippen molar-refractivity contribution in [3.8, 4) is 0 Å². The number of aryl methyl sites for hydroxylation is 1. The number of hydrogen-bond acceptors (Lipinski definition) is 6. The molecule has 6 nitrogen and oxygen atoms in total. The Labute approximate surface area is 209 Å². The minimum absolute atomic E-state index is 0.143. The molecule has 1 aromatic carbocycles. The van der Waals surface area contributed by atoms with Gasteiger partial charge in [0.05, 0.1) is 10.5 Å². The Morgan fingerprint density at radius 2 is 1.91 bits per heavy atom. The monoisotopic (exact) mass is 492 g/mol. The summed E-state index contributed by atoms with van der Waals surface area (Å²) in [6.45, 7) is 5.26. The normalized spacial score (nSPS) is 15.0. The van der Waals surface area contributed by atoms with Crippen LogP contribution in [0.2, 0.25) is 0 Å². The third-order valence-corrected chi connectivity index (χ3v) is 7.15. The number of carbonyl (C=O) groups excluding carboxylic acids is 1. The van der Waals surface area contributed by atoms with E-state index in [2.05, 4.69) is 24.4 Å². The van der Waals surface area contributed by atoms with Crippen LogP contribution in [0.5, 0.6) is 0 Å². The van der Waals surface area contributed by atoms with Crippen LogP contribution in [0.15, 0.2) is 58.4 Å². The Hall–Kier alpha value is -2.97. The SMILES string of the molecule is CCCCCN1C(=O)/C(=C/c2c(NCCc3ccccc3)nc3c(C)cccn3c2=O)SC1=S. The van der Waals surface area contributed by atoms with E-state index in [9.17, 15) is 9.59 Å². The molecule has 4 rings (SSSR count). The lowest BCUT2D eigenvalue weighted by atomic mass is 10.1. The minimum Gasteiger partial charge on any atom is -0.369 e. The Bertz CT molecular complexity index is 1300. The third kappa shape index (κ3) is 5.23. The lowest BCUT2D eigenvalue weighted by Crippen LogP contribution is -2.29. The average molecular weight is 493 g/mol. The summed E-state index contributed by atoms with van der Waals surface area (Å²) >= 11 is 6.70. The number of hydrogen-bond donors (Lipinski definition) is 1. The number of nitrogens with one attached hydrogen (secondary N) is 1. The molecule has 0 atom stereocenters. The Kier molecular flexibility index (Phi) is 7.80. The standard InChI is InChI=1S/C26H28N4O2S2/c1-3-4-8-15-30-25(32)21(34-26(30)33)17-20-22(27-14-13-19-11-6-5-7-12-19)28-23-18(2)10-9-16-29(23)24(20)31/h5-7,9-12,16-17,27H,3-4,8,13-15H2,1-2H3/b21-17-. The molecule has 1 N–H and O–H groups in total. The van der Waals surface area contributed by atoms with Crippen molar-refractivity contribution < 1.29 is 4.79 Å². The van der Waals surface area contributed by atoms with Crippen LogP contribution in [0.3, 0.4) is 0 Å². The summed E-state index contributed by atoms with van der Waals surface area (Å²) in [5.74, 6) is 0.335. The van der Waals surface area contributed by atoms with Gasteiger partial charge in [0.25, 0.3) is 11.5 Å². The first-order valence-electron chi connectivity index (χ1n) is 11.5. The Morgan fingerprint density at radius 1 is 1.12 bits per heavy atom. The largest absolute Gasteiger partial charge is 0.369 e. The number of benzene rings is 1. The Balaban J connectivity index is 1.68. The molecular formula is C26H28N4O2S2. The van der Waals surface area contributed by atoms with Gasteiger partial charge < -0.3 is 5.32 Å². The number of unbranched alkanes of at least 4 members (excludes halogenated alkanes) is 2. The molecule has 0 radical (unpaired) electrons. The van der Waals surface area contributed by atoms with Gasteiger partial charge in [-0.15, -0.1) is 0 Å². The molecule has 1 amide bonds. The molecule has 0 bridgehead atoms. The zero-order valence-corrected chi connectivity index (χ0v) is 21.0. The zero-order chi connectivity index (χ0) is 24.1. The highest BCUT2D eigenvalue weighted by Gasteiger charge is 2.32. The lowest BCUT2D eigenvalue weighted by molar-refractivity contribution is -0.122. The van der Waals surface area contributed by atoms with Crippen LogP contribution < -0.4 is 10.9 Å². The van der Waals surface area contributed by atoms with Gasteiger partial charge in [-0.3, -0.25) is 18.9 Å². The summed E-state index contributed by atoms with van der Waals surface area (Å²) in [4.78, 5) is 33.4. The van der Waals surface area contributed by atoms with Crippen LogP contribution in [-0.2, 0) is 11.2 Å². The number of thioether (sulfide) groups is 1. The Morgan fingerprint density at radius 3 is 2.68 bits per heavy atom. The number of carbonyl (C=O) groups is 1. The average Bonchev–Trinajstić information content (AvgIpc) is 3.10. The summed E-state index contributed by atoms with van der Waals surface area (Å²) in [6.07, 6.45) is 7.16. The van der Waals surface area contributed by atoms with Crippen molar-refractivity contribution in [3.05, 3.63) is 80.6 Å². The molecule has 0 aliphatic carbocycles. The van der Waals surface area contributed by atoms with Crippen molar-refractivity contribution in [1.82, 2.24) is 14.3 Å². The van der Waals surface area contributed by atoms with Crippen LogP contribution in [0.4, 0.5) is 5.82 Å². The van der Waals surface area contributed by atoms with E-state index >= 15 is 0 Å². The van der Waals surface area contributed by atoms with Crippen LogP contribution in [0, 0.1) is 6.92 Å².